The van der Waals surface area contributed by atoms with Crippen molar-refractivity contribution in [3.8, 4) is 11.8 Å². The Morgan fingerprint density at radius 2 is 1.89 bits per heavy atom. The standard InChI is InChI=1S/C15H7F8N3O/c16-10-5(3-24)1-6(2-7(10)12(17)18)26-4-8(14(19,20)21)9-11(27)15(22,23)25-13(9)26/h1-2,4,11-12,25,27H/t11-/m0/s1. The van der Waals surface area contributed by atoms with Crippen LogP contribution in [0.5, 0.6) is 0 Å². The minimum absolute atomic E-state index is 0.291. The summed E-state index contributed by atoms with van der Waals surface area (Å²) >= 11 is 0. The zero-order chi connectivity index (χ0) is 20.3. The lowest BCUT2D eigenvalue weighted by molar-refractivity contribution is -0.141. The van der Waals surface area contributed by atoms with E-state index in [0.29, 0.717) is 22.9 Å². The first kappa shape index (κ1) is 19.0. The van der Waals surface area contributed by atoms with Crippen molar-refractivity contribution in [2.45, 2.75) is 24.8 Å². The van der Waals surface area contributed by atoms with Gasteiger partial charge in [-0.3, -0.25) is 0 Å². The first-order valence-corrected chi connectivity index (χ1v) is 7.07. The predicted molar refractivity (Wildman–Crippen MR) is 73.9 cm³/mol. The molecule has 3 rings (SSSR count). The van der Waals surface area contributed by atoms with E-state index >= 15 is 0 Å². The van der Waals surface area contributed by atoms with Crippen molar-refractivity contribution in [3.05, 3.63) is 46.4 Å². The van der Waals surface area contributed by atoms with E-state index in [1.807, 2.05) is 0 Å². The van der Waals surface area contributed by atoms with Gasteiger partial charge in [0.05, 0.1) is 16.7 Å². The number of nitrogens with zero attached hydrogens (tertiary/aromatic N) is 2. The van der Waals surface area contributed by atoms with Crippen molar-refractivity contribution < 1.29 is 40.2 Å². The van der Waals surface area contributed by atoms with Gasteiger partial charge < -0.3 is 15.0 Å². The van der Waals surface area contributed by atoms with Gasteiger partial charge in [-0.1, -0.05) is 0 Å². The second-order valence-corrected chi connectivity index (χ2v) is 5.63. The van der Waals surface area contributed by atoms with Crippen LogP contribution < -0.4 is 5.32 Å². The number of nitriles is 1. The highest BCUT2D eigenvalue weighted by atomic mass is 19.4. The molecule has 1 atom stereocenters. The number of anilines is 1. The van der Waals surface area contributed by atoms with Crippen LogP contribution in [0.3, 0.4) is 0 Å². The van der Waals surface area contributed by atoms with Gasteiger partial charge in [0.15, 0.2) is 6.10 Å². The van der Waals surface area contributed by atoms with Gasteiger partial charge in [-0.05, 0) is 12.1 Å². The lowest BCUT2D eigenvalue weighted by Gasteiger charge is -2.17. The molecule has 2 heterocycles. The zero-order valence-corrected chi connectivity index (χ0v) is 12.8. The van der Waals surface area contributed by atoms with Crippen LogP contribution in [0.1, 0.15) is 34.8 Å². The number of hydrogen-bond acceptors (Lipinski definition) is 3. The maximum atomic E-state index is 13.8. The van der Waals surface area contributed by atoms with Crippen LogP contribution in [-0.2, 0) is 6.18 Å². The topological polar surface area (TPSA) is 61.0 Å². The van der Waals surface area contributed by atoms with E-state index < -0.39 is 64.3 Å². The molecule has 0 unspecified atom stereocenters. The van der Waals surface area contributed by atoms with E-state index in [9.17, 15) is 40.2 Å². The first-order chi connectivity index (χ1) is 12.4. The summed E-state index contributed by atoms with van der Waals surface area (Å²) in [4.78, 5) is 0. The summed E-state index contributed by atoms with van der Waals surface area (Å²) in [6, 6.07) is -1.82. The average molecular weight is 397 g/mol. The molecule has 12 heteroatoms. The first-order valence-electron chi connectivity index (χ1n) is 7.07. The highest BCUT2D eigenvalue weighted by molar-refractivity contribution is 5.64. The molecule has 0 radical (unpaired) electrons. The average Bonchev–Trinajstić information content (AvgIpc) is 3.02. The third-order valence-electron chi connectivity index (χ3n) is 3.97. The molecule has 0 bridgehead atoms. The summed E-state index contributed by atoms with van der Waals surface area (Å²) in [5, 5.41) is 19.8. The lowest BCUT2D eigenvalue weighted by atomic mass is 10.1. The highest BCUT2D eigenvalue weighted by Crippen LogP contribution is 2.50. The van der Waals surface area contributed by atoms with E-state index in [4.69, 9.17) is 5.26 Å². The van der Waals surface area contributed by atoms with E-state index in [1.54, 1.807) is 0 Å². The van der Waals surface area contributed by atoms with Crippen LogP contribution in [0.25, 0.3) is 5.69 Å². The monoisotopic (exact) mass is 397 g/mol. The molecule has 0 spiro atoms. The molecule has 0 amide bonds. The van der Waals surface area contributed by atoms with Crippen molar-refractivity contribution in [2.75, 3.05) is 5.32 Å². The van der Waals surface area contributed by atoms with Crippen LogP contribution in [0.15, 0.2) is 18.3 Å². The number of aliphatic hydroxyl groups excluding tert-OH is 1. The van der Waals surface area contributed by atoms with Crippen molar-refractivity contribution in [3.63, 3.8) is 0 Å². The second kappa shape index (κ2) is 5.85. The molecule has 2 N–H and O–H groups in total. The molecule has 4 nitrogen and oxygen atoms in total. The number of alkyl halides is 7. The van der Waals surface area contributed by atoms with Crippen LogP contribution in [0.4, 0.5) is 40.9 Å². The predicted octanol–water partition coefficient (Wildman–Crippen LogP) is 4.50. The van der Waals surface area contributed by atoms with Gasteiger partial charge in [-0.25, -0.2) is 13.2 Å². The van der Waals surface area contributed by atoms with E-state index in [0.717, 1.165) is 0 Å². The highest BCUT2D eigenvalue weighted by Gasteiger charge is 2.53. The third-order valence-corrected chi connectivity index (χ3v) is 3.97. The number of hydrogen-bond donors (Lipinski definition) is 2. The van der Waals surface area contributed by atoms with Gasteiger partial charge in [0.25, 0.3) is 6.43 Å². The molecule has 1 aromatic carbocycles. The molecule has 2 aromatic rings. The molecule has 1 aliphatic heterocycles. The summed E-state index contributed by atoms with van der Waals surface area (Å²) in [7, 11) is 0. The van der Waals surface area contributed by atoms with Crippen LogP contribution in [0.2, 0.25) is 0 Å². The van der Waals surface area contributed by atoms with Crippen molar-refractivity contribution in [2.24, 2.45) is 0 Å². The summed E-state index contributed by atoms with van der Waals surface area (Å²) in [5.74, 6) is -2.48. The largest absolute Gasteiger partial charge is 0.418 e. The number of aliphatic hydroxyl groups is 1. The minimum atomic E-state index is -5.15. The van der Waals surface area contributed by atoms with Gasteiger partial charge in [-0.2, -0.15) is 27.2 Å². The Bertz CT molecular complexity index is 957. The molecule has 0 saturated carbocycles. The van der Waals surface area contributed by atoms with Gasteiger partial charge in [0.1, 0.15) is 17.7 Å². The maximum Gasteiger partial charge on any atom is 0.418 e. The van der Waals surface area contributed by atoms with E-state index in [-0.39, 0.29) is 0 Å². The molecule has 1 aromatic heterocycles. The smallest absolute Gasteiger partial charge is 0.380 e. The normalized spacial score (nSPS) is 18.3. The molecule has 1 aliphatic rings. The third kappa shape index (κ3) is 2.87. The number of nitrogens with one attached hydrogen (secondary N) is 1. The molecule has 144 valence electrons. The van der Waals surface area contributed by atoms with Crippen molar-refractivity contribution in [1.29, 1.82) is 5.26 Å². The second-order valence-electron chi connectivity index (χ2n) is 5.63. The molecule has 0 fully saturated rings. The van der Waals surface area contributed by atoms with Gasteiger partial charge in [0, 0.05) is 17.4 Å². The fourth-order valence-corrected chi connectivity index (χ4v) is 2.77. The fraction of sp³-hybridized carbons (Fsp3) is 0.267. The number of aromatic nitrogens is 1. The Labute approximate surface area is 145 Å². The van der Waals surface area contributed by atoms with Crippen LogP contribution in [-0.4, -0.2) is 15.7 Å². The quantitative estimate of drug-likeness (QED) is 0.580. The van der Waals surface area contributed by atoms with Gasteiger partial charge >= 0.3 is 12.2 Å². The Morgan fingerprint density at radius 3 is 2.41 bits per heavy atom. The molecular weight excluding hydrogens is 390 g/mol. The Morgan fingerprint density at radius 1 is 1.26 bits per heavy atom. The van der Waals surface area contributed by atoms with Gasteiger partial charge in [-0.15, -0.1) is 0 Å². The Hall–Kier alpha value is -2.81. The zero-order valence-electron chi connectivity index (χ0n) is 12.8. The Kier molecular flexibility index (Phi) is 4.11. The molecule has 0 saturated heterocycles. The number of halogens is 8. The number of rotatable bonds is 2. The lowest BCUT2D eigenvalue weighted by Crippen LogP contribution is -2.30. The number of fused-ring (bicyclic) bond motifs is 1. The summed E-state index contributed by atoms with van der Waals surface area (Å²) in [5.41, 5.74) is -5.60. The Balaban J connectivity index is 2.31. The van der Waals surface area contributed by atoms with Crippen molar-refractivity contribution in [1.82, 2.24) is 4.57 Å². The minimum Gasteiger partial charge on any atom is -0.380 e. The van der Waals surface area contributed by atoms with Gasteiger partial charge in [0.2, 0.25) is 0 Å². The van der Waals surface area contributed by atoms with Crippen molar-refractivity contribution >= 4 is 5.82 Å². The molecule has 0 aliphatic carbocycles. The van der Waals surface area contributed by atoms with Crippen LogP contribution in [0, 0.1) is 17.1 Å². The molecular formula is C15H7F8N3O. The van der Waals surface area contributed by atoms with E-state index in [2.05, 4.69) is 0 Å². The number of benzene rings is 1. The SMILES string of the molecule is N#Cc1cc(-n2cc(C(F)(F)F)c3c2NC(F)(F)[C@H]3O)cc(C(F)F)c1F. The van der Waals surface area contributed by atoms with E-state index in [1.165, 1.54) is 11.4 Å². The van der Waals surface area contributed by atoms with Crippen LogP contribution >= 0.6 is 0 Å². The molecule has 27 heavy (non-hydrogen) atoms. The maximum absolute atomic E-state index is 13.8. The summed E-state index contributed by atoms with van der Waals surface area (Å²) in [6.07, 6.45) is -11.1. The summed E-state index contributed by atoms with van der Waals surface area (Å²) < 4.78 is 107. The fourth-order valence-electron chi connectivity index (χ4n) is 2.77. The summed E-state index contributed by atoms with van der Waals surface area (Å²) in [6.45, 7) is 0.